The Morgan fingerprint density at radius 3 is 3.05 bits per heavy atom. The lowest BCUT2D eigenvalue weighted by Gasteiger charge is -2.33. The second-order valence-electron chi connectivity index (χ2n) is 5.78. The highest BCUT2D eigenvalue weighted by Crippen LogP contribution is 2.16. The predicted octanol–water partition coefficient (Wildman–Crippen LogP) is 2.89. The number of nitrogens with one attached hydrogen (secondary N) is 1. The maximum atomic E-state index is 13.8. The lowest BCUT2D eigenvalue weighted by Crippen LogP contribution is -2.46. The SMILES string of the molecule is CCNC(=NCc1cc(C#N)ccc1F)N1CCCC(C)C1. The van der Waals surface area contributed by atoms with Gasteiger partial charge >= 0.3 is 0 Å². The van der Waals surface area contributed by atoms with Gasteiger partial charge in [-0.1, -0.05) is 6.92 Å². The van der Waals surface area contributed by atoms with Gasteiger partial charge in [-0.25, -0.2) is 9.38 Å². The van der Waals surface area contributed by atoms with Crippen molar-refractivity contribution in [3.8, 4) is 6.07 Å². The van der Waals surface area contributed by atoms with Crippen LogP contribution in [0.2, 0.25) is 0 Å². The second kappa shape index (κ2) is 7.79. The van der Waals surface area contributed by atoms with Gasteiger partial charge in [0.25, 0.3) is 0 Å². The molecule has 5 heteroatoms. The van der Waals surface area contributed by atoms with Crippen LogP contribution in [0.15, 0.2) is 23.2 Å². The Labute approximate surface area is 131 Å². The van der Waals surface area contributed by atoms with Crippen LogP contribution in [-0.4, -0.2) is 30.5 Å². The molecular formula is C17H23FN4. The van der Waals surface area contributed by atoms with Crippen LogP contribution in [0.25, 0.3) is 0 Å². The molecule has 0 radical (unpaired) electrons. The van der Waals surface area contributed by atoms with Crippen LogP contribution in [0.3, 0.4) is 0 Å². The largest absolute Gasteiger partial charge is 0.357 e. The van der Waals surface area contributed by atoms with Crippen molar-refractivity contribution in [1.29, 1.82) is 5.26 Å². The van der Waals surface area contributed by atoms with E-state index in [1.54, 1.807) is 6.07 Å². The minimum atomic E-state index is -0.314. The summed E-state index contributed by atoms with van der Waals surface area (Å²) in [5.74, 6) is 1.16. The zero-order chi connectivity index (χ0) is 15.9. The number of nitriles is 1. The third-order valence-electron chi connectivity index (χ3n) is 3.87. The summed E-state index contributed by atoms with van der Waals surface area (Å²) < 4.78 is 13.8. The molecule has 4 nitrogen and oxygen atoms in total. The van der Waals surface area contributed by atoms with E-state index in [4.69, 9.17) is 5.26 Å². The summed E-state index contributed by atoms with van der Waals surface area (Å²) in [5, 5.41) is 12.2. The number of rotatable bonds is 3. The van der Waals surface area contributed by atoms with Crippen molar-refractivity contribution in [3.63, 3.8) is 0 Å². The minimum Gasteiger partial charge on any atom is -0.357 e. The molecule has 0 aliphatic carbocycles. The number of aliphatic imine (C=N–C) groups is 1. The fourth-order valence-corrected chi connectivity index (χ4v) is 2.73. The topological polar surface area (TPSA) is 51.4 Å². The molecule has 1 aliphatic rings. The van der Waals surface area contributed by atoms with E-state index in [0.29, 0.717) is 17.0 Å². The Hall–Kier alpha value is -2.09. The Bertz CT molecular complexity index is 577. The molecule has 1 aromatic rings. The third kappa shape index (κ3) is 4.20. The van der Waals surface area contributed by atoms with Crippen molar-refractivity contribution < 1.29 is 4.39 Å². The van der Waals surface area contributed by atoms with Crippen molar-refractivity contribution >= 4 is 5.96 Å². The summed E-state index contributed by atoms with van der Waals surface area (Å²) in [6.45, 7) is 7.26. The molecule has 1 unspecified atom stereocenters. The van der Waals surface area contributed by atoms with E-state index in [-0.39, 0.29) is 12.4 Å². The predicted molar refractivity (Wildman–Crippen MR) is 85.9 cm³/mol. The molecule has 1 aromatic carbocycles. The average Bonchev–Trinajstić information content (AvgIpc) is 2.52. The van der Waals surface area contributed by atoms with Crippen LogP contribution in [-0.2, 0) is 6.54 Å². The van der Waals surface area contributed by atoms with Crippen LogP contribution in [0, 0.1) is 23.1 Å². The summed E-state index contributed by atoms with van der Waals surface area (Å²) in [6.07, 6.45) is 2.40. The highest BCUT2D eigenvalue weighted by Gasteiger charge is 2.19. The van der Waals surface area contributed by atoms with E-state index in [9.17, 15) is 4.39 Å². The summed E-state index contributed by atoms with van der Waals surface area (Å²) in [4.78, 5) is 6.80. The van der Waals surface area contributed by atoms with Crippen molar-refractivity contribution in [3.05, 3.63) is 35.1 Å². The summed E-state index contributed by atoms with van der Waals surface area (Å²) in [7, 11) is 0. The van der Waals surface area contributed by atoms with Gasteiger partial charge in [0.2, 0.25) is 0 Å². The first-order chi connectivity index (χ1) is 10.6. The molecule has 1 saturated heterocycles. The Morgan fingerprint density at radius 1 is 1.55 bits per heavy atom. The van der Waals surface area contributed by atoms with E-state index >= 15 is 0 Å². The number of guanidine groups is 1. The number of piperidine rings is 1. The maximum Gasteiger partial charge on any atom is 0.194 e. The first-order valence-electron chi connectivity index (χ1n) is 7.85. The molecule has 0 spiro atoms. The Morgan fingerprint density at radius 2 is 2.36 bits per heavy atom. The molecule has 1 atom stereocenters. The molecule has 2 rings (SSSR count). The summed E-state index contributed by atoms with van der Waals surface area (Å²) in [6, 6.07) is 6.42. The van der Waals surface area contributed by atoms with Gasteiger partial charge in [0.05, 0.1) is 18.2 Å². The van der Waals surface area contributed by atoms with E-state index in [2.05, 4.69) is 22.1 Å². The molecule has 0 amide bonds. The van der Waals surface area contributed by atoms with Gasteiger partial charge < -0.3 is 10.2 Å². The van der Waals surface area contributed by atoms with Crippen molar-refractivity contribution in [2.24, 2.45) is 10.9 Å². The molecular weight excluding hydrogens is 279 g/mol. The molecule has 0 bridgehead atoms. The Kier molecular flexibility index (Phi) is 5.76. The van der Waals surface area contributed by atoms with Gasteiger partial charge in [0, 0.05) is 25.2 Å². The van der Waals surface area contributed by atoms with E-state index in [0.717, 1.165) is 32.0 Å². The smallest absolute Gasteiger partial charge is 0.194 e. The lowest BCUT2D eigenvalue weighted by atomic mass is 10.0. The number of nitrogens with zero attached hydrogens (tertiary/aromatic N) is 3. The molecule has 118 valence electrons. The number of hydrogen-bond donors (Lipinski definition) is 1. The molecule has 1 N–H and O–H groups in total. The zero-order valence-electron chi connectivity index (χ0n) is 13.3. The maximum absolute atomic E-state index is 13.8. The van der Waals surface area contributed by atoms with Gasteiger partial charge in [-0.3, -0.25) is 0 Å². The molecule has 1 aliphatic heterocycles. The molecule has 0 aromatic heterocycles. The Balaban J connectivity index is 2.15. The number of benzene rings is 1. The van der Waals surface area contributed by atoms with Gasteiger partial charge in [-0.2, -0.15) is 5.26 Å². The van der Waals surface area contributed by atoms with Crippen LogP contribution in [0.4, 0.5) is 4.39 Å². The van der Waals surface area contributed by atoms with Crippen molar-refractivity contribution in [2.45, 2.75) is 33.2 Å². The fourth-order valence-electron chi connectivity index (χ4n) is 2.73. The molecule has 1 fully saturated rings. The first kappa shape index (κ1) is 16.3. The normalized spacial score (nSPS) is 18.9. The summed E-state index contributed by atoms with van der Waals surface area (Å²) >= 11 is 0. The molecule has 22 heavy (non-hydrogen) atoms. The van der Waals surface area contributed by atoms with Gasteiger partial charge in [-0.05, 0) is 43.9 Å². The summed E-state index contributed by atoms with van der Waals surface area (Å²) in [5.41, 5.74) is 0.919. The first-order valence-corrected chi connectivity index (χ1v) is 7.85. The highest BCUT2D eigenvalue weighted by atomic mass is 19.1. The average molecular weight is 302 g/mol. The van der Waals surface area contributed by atoms with Crippen LogP contribution in [0.1, 0.15) is 37.8 Å². The number of hydrogen-bond acceptors (Lipinski definition) is 2. The van der Waals surface area contributed by atoms with Gasteiger partial charge in [-0.15, -0.1) is 0 Å². The van der Waals surface area contributed by atoms with Gasteiger partial charge in [0.1, 0.15) is 5.82 Å². The van der Waals surface area contributed by atoms with E-state index < -0.39 is 0 Å². The molecule has 1 heterocycles. The highest BCUT2D eigenvalue weighted by molar-refractivity contribution is 5.80. The van der Waals surface area contributed by atoms with Crippen LogP contribution in [0.5, 0.6) is 0 Å². The number of likely N-dealkylation sites (tertiary alicyclic amines) is 1. The standard InChI is InChI=1S/C17H23FN4/c1-3-20-17(22-8-4-5-13(2)12-22)21-11-15-9-14(10-19)6-7-16(15)18/h6-7,9,13H,3-5,8,11-12H2,1-2H3,(H,20,21). The fraction of sp³-hybridized carbons (Fsp3) is 0.529. The van der Waals surface area contributed by atoms with E-state index in [1.165, 1.54) is 18.6 Å². The van der Waals surface area contributed by atoms with Gasteiger partial charge in [0.15, 0.2) is 5.96 Å². The monoisotopic (exact) mass is 302 g/mol. The number of halogens is 1. The second-order valence-corrected chi connectivity index (χ2v) is 5.78. The minimum absolute atomic E-state index is 0.245. The quantitative estimate of drug-likeness (QED) is 0.690. The lowest BCUT2D eigenvalue weighted by molar-refractivity contribution is 0.266. The molecule has 0 saturated carbocycles. The zero-order valence-corrected chi connectivity index (χ0v) is 13.3. The third-order valence-corrected chi connectivity index (χ3v) is 3.87. The van der Waals surface area contributed by atoms with Crippen molar-refractivity contribution in [2.75, 3.05) is 19.6 Å². The van der Waals surface area contributed by atoms with E-state index in [1.807, 2.05) is 13.0 Å². The van der Waals surface area contributed by atoms with Crippen LogP contribution < -0.4 is 5.32 Å². The van der Waals surface area contributed by atoms with Crippen molar-refractivity contribution in [1.82, 2.24) is 10.2 Å². The van der Waals surface area contributed by atoms with Crippen LogP contribution >= 0.6 is 0 Å².